The molecule has 0 amide bonds. The maximum Gasteiger partial charge on any atom is 0.138 e. The lowest BCUT2D eigenvalue weighted by molar-refractivity contribution is 0.196. The lowest BCUT2D eigenvalue weighted by Gasteiger charge is -2.03. The summed E-state index contributed by atoms with van der Waals surface area (Å²) in [6, 6.07) is 11.8. The third-order valence-electron chi connectivity index (χ3n) is 3.47. The zero-order valence-electron chi connectivity index (χ0n) is 11.8. The highest BCUT2D eigenvalue weighted by Gasteiger charge is 2.18. The number of hydroxylamine groups is 1. The third-order valence-corrected chi connectivity index (χ3v) is 3.47. The van der Waals surface area contributed by atoms with Crippen molar-refractivity contribution in [3.05, 3.63) is 60.2 Å². The zero-order valence-corrected chi connectivity index (χ0v) is 11.8. The molecule has 0 radical (unpaired) electrons. The zero-order chi connectivity index (χ0) is 14.8. The molecule has 0 aliphatic carbocycles. The molecule has 3 rings (SSSR count). The van der Waals surface area contributed by atoms with Gasteiger partial charge in [0.15, 0.2) is 0 Å². The molecule has 0 spiro atoms. The van der Waals surface area contributed by atoms with Gasteiger partial charge in [-0.05, 0) is 31.5 Å². The SMILES string of the molecule is C=C(CCc1oc2ccccc2c1-c1ccc(C)o1)NO. The first-order valence-corrected chi connectivity index (χ1v) is 6.84. The van der Waals surface area contributed by atoms with Crippen LogP contribution in [-0.4, -0.2) is 5.21 Å². The first kappa shape index (κ1) is 13.5. The molecule has 0 fully saturated rings. The Morgan fingerprint density at radius 3 is 2.71 bits per heavy atom. The second-order valence-electron chi connectivity index (χ2n) is 5.02. The summed E-state index contributed by atoms with van der Waals surface area (Å²) in [5.74, 6) is 2.50. The van der Waals surface area contributed by atoms with Crippen LogP contribution in [0.5, 0.6) is 0 Å². The summed E-state index contributed by atoms with van der Waals surface area (Å²) < 4.78 is 11.7. The molecule has 1 aromatic carbocycles. The number of rotatable bonds is 5. The predicted molar refractivity (Wildman–Crippen MR) is 81.0 cm³/mol. The molecule has 0 unspecified atom stereocenters. The second kappa shape index (κ2) is 5.50. The number of benzene rings is 1. The van der Waals surface area contributed by atoms with Crippen LogP contribution < -0.4 is 5.48 Å². The average Bonchev–Trinajstić information content (AvgIpc) is 3.07. The summed E-state index contributed by atoms with van der Waals surface area (Å²) in [6.45, 7) is 5.64. The van der Waals surface area contributed by atoms with E-state index in [0.717, 1.165) is 33.8 Å². The van der Waals surface area contributed by atoms with Gasteiger partial charge in [0.2, 0.25) is 0 Å². The maximum absolute atomic E-state index is 8.84. The van der Waals surface area contributed by atoms with Crippen LogP contribution in [-0.2, 0) is 6.42 Å². The summed E-state index contributed by atoms with van der Waals surface area (Å²) in [7, 11) is 0. The Bertz CT molecular complexity index is 782. The maximum atomic E-state index is 8.84. The molecule has 0 atom stereocenters. The van der Waals surface area contributed by atoms with E-state index >= 15 is 0 Å². The van der Waals surface area contributed by atoms with Crippen LogP contribution in [0.3, 0.4) is 0 Å². The monoisotopic (exact) mass is 283 g/mol. The summed E-state index contributed by atoms with van der Waals surface area (Å²) in [4.78, 5) is 0. The standard InChI is InChI=1S/C17H17NO3/c1-11(18-19)7-9-16-17(15-10-8-12(2)20-15)13-5-3-4-6-14(13)21-16/h3-6,8,10,18-19H,1,7,9H2,2H3. The minimum absolute atomic E-state index is 0.553. The van der Waals surface area contributed by atoms with Crippen molar-refractivity contribution < 1.29 is 14.0 Å². The van der Waals surface area contributed by atoms with Gasteiger partial charge < -0.3 is 8.83 Å². The summed E-state index contributed by atoms with van der Waals surface area (Å²) in [6.07, 6.45) is 1.22. The van der Waals surface area contributed by atoms with Crippen molar-refractivity contribution >= 4 is 11.0 Å². The Morgan fingerprint density at radius 1 is 1.19 bits per heavy atom. The fourth-order valence-corrected chi connectivity index (χ4v) is 2.43. The van der Waals surface area contributed by atoms with Gasteiger partial charge in [0.1, 0.15) is 22.9 Å². The Hall–Kier alpha value is -2.46. The highest BCUT2D eigenvalue weighted by atomic mass is 16.5. The second-order valence-corrected chi connectivity index (χ2v) is 5.02. The van der Waals surface area contributed by atoms with Crippen LogP contribution in [0.4, 0.5) is 0 Å². The highest BCUT2D eigenvalue weighted by Crippen LogP contribution is 2.36. The van der Waals surface area contributed by atoms with Gasteiger partial charge in [-0.2, -0.15) is 0 Å². The van der Waals surface area contributed by atoms with E-state index in [1.54, 1.807) is 0 Å². The normalized spacial score (nSPS) is 11.0. The van der Waals surface area contributed by atoms with Crippen molar-refractivity contribution in [1.82, 2.24) is 5.48 Å². The van der Waals surface area contributed by atoms with Gasteiger partial charge in [0, 0.05) is 17.5 Å². The lowest BCUT2D eigenvalue weighted by Crippen LogP contribution is -2.05. The van der Waals surface area contributed by atoms with Crippen molar-refractivity contribution in [2.75, 3.05) is 0 Å². The first-order valence-electron chi connectivity index (χ1n) is 6.84. The molecule has 4 nitrogen and oxygen atoms in total. The van der Waals surface area contributed by atoms with Crippen LogP contribution in [0.15, 0.2) is 57.5 Å². The summed E-state index contributed by atoms with van der Waals surface area (Å²) in [5, 5.41) is 9.88. The van der Waals surface area contributed by atoms with E-state index in [4.69, 9.17) is 14.0 Å². The molecule has 0 aliphatic rings. The molecule has 21 heavy (non-hydrogen) atoms. The highest BCUT2D eigenvalue weighted by molar-refractivity contribution is 5.94. The van der Waals surface area contributed by atoms with Crippen LogP contribution in [0.1, 0.15) is 17.9 Å². The minimum atomic E-state index is 0.553. The topological polar surface area (TPSA) is 58.5 Å². The Morgan fingerprint density at radius 2 is 2.00 bits per heavy atom. The quantitative estimate of drug-likeness (QED) is 0.680. The van der Waals surface area contributed by atoms with E-state index in [1.807, 2.05) is 43.3 Å². The van der Waals surface area contributed by atoms with E-state index in [2.05, 4.69) is 12.1 Å². The minimum Gasteiger partial charge on any atom is -0.461 e. The molecular weight excluding hydrogens is 266 g/mol. The molecule has 3 aromatic rings. The number of allylic oxidation sites excluding steroid dienone is 1. The smallest absolute Gasteiger partial charge is 0.138 e. The molecule has 4 heteroatoms. The number of furan rings is 2. The van der Waals surface area contributed by atoms with Gasteiger partial charge in [0.05, 0.1) is 5.56 Å². The third kappa shape index (κ3) is 2.58. The Balaban J connectivity index is 2.08. The fraction of sp³-hybridized carbons (Fsp3) is 0.176. The van der Waals surface area contributed by atoms with E-state index in [1.165, 1.54) is 0 Å². The number of fused-ring (bicyclic) bond motifs is 1. The molecule has 108 valence electrons. The van der Waals surface area contributed by atoms with Crippen LogP contribution in [0.25, 0.3) is 22.3 Å². The molecule has 2 aromatic heterocycles. The van der Waals surface area contributed by atoms with Crippen molar-refractivity contribution in [2.24, 2.45) is 0 Å². The fourth-order valence-electron chi connectivity index (χ4n) is 2.43. The van der Waals surface area contributed by atoms with Crippen LogP contribution >= 0.6 is 0 Å². The van der Waals surface area contributed by atoms with Gasteiger partial charge >= 0.3 is 0 Å². The Kier molecular flexibility index (Phi) is 3.54. The molecule has 0 aliphatic heterocycles. The number of aryl methyl sites for hydroxylation is 2. The molecule has 2 N–H and O–H groups in total. The molecule has 0 saturated heterocycles. The first-order chi connectivity index (χ1) is 10.2. The van der Waals surface area contributed by atoms with Crippen molar-refractivity contribution in [1.29, 1.82) is 0 Å². The lowest BCUT2D eigenvalue weighted by atomic mass is 10.1. The van der Waals surface area contributed by atoms with E-state index in [9.17, 15) is 0 Å². The number of nitrogens with one attached hydrogen (secondary N) is 1. The number of para-hydroxylation sites is 1. The average molecular weight is 283 g/mol. The van der Waals surface area contributed by atoms with Crippen molar-refractivity contribution in [2.45, 2.75) is 19.8 Å². The summed E-state index contributed by atoms with van der Waals surface area (Å²) >= 11 is 0. The van der Waals surface area contributed by atoms with Gasteiger partial charge in [-0.25, -0.2) is 0 Å². The largest absolute Gasteiger partial charge is 0.461 e. The predicted octanol–water partition coefficient (Wildman–Crippen LogP) is 4.43. The van der Waals surface area contributed by atoms with Gasteiger partial charge in [0.25, 0.3) is 0 Å². The van der Waals surface area contributed by atoms with Gasteiger partial charge in [-0.15, -0.1) is 0 Å². The van der Waals surface area contributed by atoms with Crippen LogP contribution in [0, 0.1) is 6.92 Å². The van der Waals surface area contributed by atoms with Crippen molar-refractivity contribution in [3.63, 3.8) is 0 Å². The van der Waals surface area contributed by atoms with Crippen molar-refractivity contribution in [3.8, 4) is 11.3 Å². The van der Waals surface area contributed by atoms with E-state index < -0.39 is 0 Å². The Labute approximate surface area is 122 Å². The number of hydrogen-bond donors (Lipinski definition) is 2. The summed E-state index contributed by atoms with van der Waals surface area (Å²) in [5.41, 5.74) is 4.43. The molecular formula is C17H17NO3. The van der Waals surface area contributed by atoms with E-state index in [0.29, 0.717) is 18.5 Å². The molecule has 2 heterocycles. The number of hydrogen-bond acceptors (Lipinski definition) is 4. The van der Waals surface area contributed by atoms with Crippen LogP contribution in [0.2, 0.25) is 0 Å². The molecule has 0 bridgehead atoms. The molecule has 0 saturated carbocycles. The van der Waals surface area contributed by atoms with E-state index in [-0.39, 0.29) is 0 Å². The van der Waals surface area contributed by atoms with Gasteiger partial charge in [-0.1, -0.05) is 24.8 Å². The van der Waals surface area contributed by atoms with Gasteiger partial charge in [-0.3, -0.25) is 10.7 Å².